The van der Waals surface area contributed by atoms with Crippen LogP contribution in [0, 0.1) is 17.2 Å². The van der Waals surface area contributed by atoms with Crippen molar-refractivity contribution in [2.24, 2.45) is 5.92 Å². The van der Waals surface area contributed by atoms with E-state index in [1.807, 2.05) is 6.92 Å². The number of rotatable bonds is 6. The SMILES string of the molecule is CCCOc1ccc(C(=O)CC(C)C#N)cc1. The van der Waals surface area contributed by atoms with Gasteiger partial charge in [0.15, 0.2) is 5.78 Å². The van der Waals surface area contributed by atoms with Crippen molar-refractivity contribution in [2.75, 3.05) is 6.61 Å². The van der Waals surface area contributed by atoms with Gasteiger partial charge in [0.25, 0.3) is 0 Å². The molecular weight excluding hydrogens is 214 g/mol. The second-order valence-electron chi connectivity index (χ2n) is 4.03. The summed E-state index contributed by atoms with van der Waals surface area (Å²) >= 11 is 0. The van der Waals surface area contributed by atoms with Crippen molar-refractivity contribution in [3.63, 3.8) is 0 Å². The van der Waals surface area contributed by atoms with Crippen LogP contribution in [0.1, 0.15) is 37.0 Å². The van der Waals surface area contributed by atoms with E-state index in [9.17, 15) is 4.79 Å². The van der Waals surface area contributed by atoms with Crippen LogP contribution in [0.15, 0.2) is 24.3 Å². The number of nitrogens with zero attached hydrogens (tertiary/aromatic N) is 1. The molecule has 0 aliphatic rings. The fourth-order valence-electron chi connectivity index (χ4n) is 1.40. The van der Waals surface area contributed by atoms with Crippen molar-refractivity contribution in [2.45, 2.75) is 26.7 Å². The zero-order valence-electron chi connectivity index (χ0n) is 10.3. The molecule has 0 aromatic heterocycles. The van der Waals surface area contributed by atoms with Gasteiger partial charge in [0.2, 0.25) is 0 Å². The molecular formula is C14H17NO2. The van der Waals surface area contributed by atoms with Gasteiger partial charge < -0.3 is 4.74 Å². The fraction of sp³-hybridized carbons (Fsp3) is 0.429. The zero-order chi connectivity index (χ0) is 12.7. The summed E-state index contributed by atoms with van der Waals surface area (Å²) in [7, 11) is 0. The van der Waals surface area contributed by atoms with Crippen LogP contribution < -0.4 is 4.74 Å². The lowest BCUT2D eigenvalue weighted by Gasteiger charge is -2.06. The molecule has 17 heavy (non-hydrogen) atoms. The van der Waals surface area contributed by atoms with E-state index in [0.29, 0.717) is 12.2 Å². The highest BCUT2D eigenvalue weighted by Gasteiger charge is 2.10. The maximum absolute atomic E-state index is 11.7. The van der Waals surface area contributed by atoms with Crippen LogP contribution in [0.3, 0.4) is 0 Å². The third-order valence-corrected chi connectivity index (χ3v) is 2.36. The number of ether oxygens (including phenoxy) is 1. The minimum absolute atomic E-state index is 0.00101. The van der Waals surface area contributed by atoms with Crippen LogP contribution in [0.5, 0.6) is 5.75 Å². The molecule has 0 aliphatic heterocycles. The summed E-state index contributed by atoms with van der Waals surface area (Å²) in [5.41, 5.74) is 0.635. The molecule has 0 aliphatic carbocycles. The van der Waals surface area contributed by atoms with Gasteiger partial charge in [-0.15, -0.1) is 0 Å². The molecule has 0 bridgehead atoms. The van der Waals surface area contributed by atoms with E-state index >= 15 is 0 Å². The molecule has 0 saturated carbocycles. The van der Waals surface area contributed by atoms with Crippen LogP contribution in [-0.4, -0.2) is 12.4 Å². The lowest BCUT2D eigenvalue weighted by Crippen LogP contribution is -2.04. The Balaban J connectivity index is 2.61. The Kier molecular flexibility index (Phi) is 5.22. The molecule has 0 N–H and O–H groups in total. The lowest BCUT2D eigenvalue weighted by atomic mass is 10.0. The predicted octanol–water partition coefficient (Wildman–Crippen LogP) is 3.21. The van der Waals surface area contributed by atoms with E-state index in [1.54, 1.807) is 31.2 Å². The summed E-state index contributed by atoms with van der Waals surface area (Å²) < 4.78 is 5.43. The fourth-order valence-corrected chi connectivity index (χ4v) is 1.40. The molecule has 1 aromatic carbocycles. The molecule has 1 atom stereocenters. The summed E-state index contributed by atoms with van der Waals surface area (Å²) in [5, 5.41) is 8.65. The second kappa shape index (κ2) is 6.70. The van der Waals surface area contributed by atoms with Crippen LogP contribution in [0.2, 0.25) is 0 Å². The molecule has 0 saturated heterocycles. The van der Waals surface area contributed by atoms with Crippen LogP contribution >= 0.6 is 0 Å². The van der Waals surface area contributed by atoms with E-state index in [2.05, 4.69) is 6.07 Å². The van der Waals surface area contributed by atoms with Crippen molar-refractivity contribution in [3.05, 3.63) is 29.8 Å². The van der Waals surface area contributed by atoms with Gasteiger partial charge in [-0.05, 0) is 37.6 Å². The molecule has 0 fully saturated rings. The maximum atomic E-state index is 11.7. The van der Waals surface area contributed by atoms with Crippen LogP contribution in [0.25, 0.3) is 0 Å². The molecule has 1 unspecified atom stereocenters. The topological polar surface area (TPSA) is 50.1 Å². The molecule has 0 spiro atoms. The highest BCUT2D eigenvalue weighted by atomic mass is 16.5. The Morgan fingerprint density at radius 3 is 2.59 bits per heavy atom. The number of Topliss-reactive ketones (excluding diaryl/α,β-unsaturated/α-hetero) is 1. The Bertz CT molecular complexity index is 403. The first-order chi connectivity index (χ1) is 8.17. The van der Waals surface area contributed by atoms with E-state index < -0.39 is 0 Å². The van der Waals surface area contributed by atoms with Crippen molar-refractivity contribution in [1.82, 2.24) is 0 Å². The minimum Gasteiger partial charge on any atom is -0.494 e. The first kappa shape index (κ1) is 13.2. The normalized spacial score (nSPS) is 11.6. The number of hydrogen-bond acceptors (Lipinski definition) is 3. The van der Waals surface area contributed by atoms with Gasteiger partial charge in [0, 0.05) is 12.0 Å². The highest BCUT2D eigenvalue weighted by Crippen LogP contribution is 2.15. The molecule has 3 heteroatoms. The maximum Gasteiger partial charge on any atom is 0.164 e. The summed E-state index contributed by atoms with van der Waals surface area (Å²) in [5.74, 6) is 0.538. The molecule has 90 valence electrons. The largest absolute Gasteiger partial charge is 0.494 e. The Morgan fingerprint density at radius 1 is 1.41 bits per heavy atom. The van der Waals surface area contributed by atoms with E-state index in [0.717, 1.165) is 12.2 Å². The predicted molar refractivity (Wildman–Crippen MR) is 66.0 cm³/mol. The van der Waals surface area contributed by atoms with Gasteiger partial charge in [0.1, 0.15) is 5.75 Å². The smallest absolute Gasteiger partial charge is 0.164 e. The highest BCUT2D eigenvalue weighted by molar-refractivity contribution is 5.96. The van der Waals surface area contributed by atoms with Gasteiger partial charge in [-0.2, -0.15) is 5.26 Å². The molecule has 1 aromatic rings. The van der Waals surface area contributed by atoms with Crippen LogP contribution in [0.4, 0.5) is 0 Å². The molecule has 1 rings (SSSR count). The summed E-state index contributed by atoms with van der Waals surface area (Å²) in [6.45, 7) is 4.47. The second-order valence-corrected chi connectivity index (χ2v) is 4.03. The number of benzene rings is 1. The average Bonchev–Trinajstić information content (AvgIpc) is 2.36. The first-order valence-electron chi connectivity index (χ1n) is 5.83. The van der Waals surface area contributed by atoms with Gasteiger partial charge in [-0.25, -0.2) is 0 Å². The third kappa shape index (κ3) is 4.28. The van der Waals surface area contributed by atoms with Gasteiger partial charge in [0.05, 0.1) is 18.6 Å². The van der Waals surface area contributed by atoms with E-state index in [4.69, 9.17) is 10.00 Å². The minimum atomic E-state index is -0.237. The van der Waals surface area contributed by atoms with E-state index in [1.165, 1.54) is 0 Å². The standard InChI is InChI=1S/C14H17NO2/c1-3-8-17-13-6-4-12(5-7-13)14(16)9-11(2)10-15/h4-7,11H,3,8-9H2,1-2H3. The number of carbonyl (C=O) groups excluding carboxylic acids is 1. The summed E-state index contributed by atoms with van der Waals surface area (Å²) in [6, 6.07) is 9.14. The van der Waals surface area contributed by atoms with Crippen molar-refractivity contribution >= 4 is 5.78 Å². The van der Waals surface area contributed by atoms with Crippen molar-refractivity contribution in [3.8, 4) is 11.8 Å². The van der Waals surface area contributed by atoms with Gasteiger partial charge >= 0.3 is 0 Å². The Hall–Kier alpha value is -1.82. The molecule has 3 nitrogen and oxygen atoms in total. The quantitative estimate of drug-likeness (QED) is 0.706. The Labute approximate surface area is 102 Å². The van der Waals surface area contributed by atoms with Gasteiger partial charge in [-0.1, -0.05) is 6.92 Å². The molecule has 0 radical (unpaired) electrons. The van der Waals surface area contributed by atoms with E-state index in [-0.39, 0.29) is 18.1 Å². The number of nitriles is 1. The van der Waals surface area contributed by atoms with Crippen molar-refractivity contribution in [1.29, 1.82) is 5.26 Å². The summed E-state index contributed by atoms with van der Waals surface area (Å²) in [6.07, 6.45) is 1.23. The summed E-state index contributed by atoms with van der Waals surface area (Å²) in [4.78, 5) is 11.7. The zero-order valence-corrected chi connectivity index (χ0v) is 10.3. The van der Waals surface area contributed by atoms with Gasteiger partial charge in [-0.3, -0.25) is 4.79 Å². The monoisotopic (exact) mass is 231 g/mol. The average molecular weight is 231 g/mol. The number of carbonyl (C=O) groups is 1. The number of hydrogen-bond donors (Lipinski definition) is 0. The first-order valence-corrected chi connectivity index (χ1v) is 5.83. The Morgan fingerprint density at radius 2 is 2.06 bits per heavy atom. The molecule has 0 amide bonds. The third-order valence-electron chi connectivity index (χ3n) is 2.36. The molecule has 0 heterocycles. The number of ketones is 1. The van der Waals surface area contributed by atoms with Crippen LogP contribution in [-0.2, 0) is 0 Å². The lowest BCUT2D eigenvalue weighted by molar-refractivity contribution is 0.0973. The van der Waals surface area contributed by atoms with Crippen molar-refractivity contribution < 1.29 is 9.53 Å².